The van der Waals surface area contributed by atoms with Crippen LogP contribution in [0.4, 0.5) is 5.69 Å². The number of rotatable bonds is 2. The van der Waals surface area contributed by atoms with E-state index in [-0.39, 0.29) is 40.9 Å². The Hall–Kier alpha value is -1.44. The number of carbonyl (C=O) groups excluding carboxylic acids is 2. The summed E-state index contributed by atoms with van der Waals surface area (Å²) in [6.07, 6.45) is 1.19. The van der Waals surface area contributed by atoms with Gasteiger partial charge in [-0.3, -0.25) is 14.9 Å². The average molecular weight is 290 g/mol. The van der Waals surface area contributed by atoms with Crippen LogP contribution in [0.3, 0.4) is 0 Å². The number of carbonyl (C=O) groups is 2. The Kier molecular flexibility index (Phi) is 3.95. The van der Waals surface area contributed by atoms with Crippen LogP contribution >= 0.6 is 23.2 Å². The van der Waals surface area contributed by atoms with E-state index < -0.39 is 6.04 Å². The van der Waals surface area contributed by atoms with Gasteiger partial charge in [-0.1, -0.05) is 23.2 Å². The number of piperazine rings is 1. The minimum Gasteiger partial charge on any atom is -0.353 e. The maximum atomic E-state index is 11.9. The summed E-state index contributed by atoms with van der Waals surface area (Å²) >= 11 is 11.6. The van der Waals surface area contributed by atoms with Crippen LogP contribution in [-0.4, -0.2) is 40.9 Å². The first-order valence-electron chi connectivity index (χ1n) is 5.05. The van der Waals surface area contributed by atoms with Crippen LogP contribution in [0.15, 0.2) is 6.33 Å². The van der Waals surface area contributed by atoms with Gasteiger partial charge in [0.15, 0.2) is 10.3 Å². The average Bonchev–Trinajstić information content (AvgIpc) is 2.34. The molecule has 1 saturated heterocycles. The number of aromatic nitrogens is 2. The molecule has 1 unspecified atom stereocenters. The predicted molar refractivity (Wildman–Crippen MR) is 65.5 cm³/mol. The molecule has 96 valence electrons. The van der Waals surface area contributed by atoms with Crippen LogP contribution in [0.5, 0.6) is 0 Å². The molecule has 1 aromatic rings. The highest BCUT2D eigenvalue weighted by Crippen LogP contribution is 2.25. The number of nitrogens with zero attached hydrogens (tertiary/aromatic N) is 2. The van der Waals surface area contributed by atoms with Crippen molar-refractivity contribution in [1.82, 2.24) is 20.6 Å². The summed E-state index contributed by atoms with van der Waals surface area (Å²) in [6.45, 7) is 0.290. The Morgan fingerprint density at radius 2 is 2.06 bits per heavy atom. The molecule has 18 heavy (non-hydrogen) atoms. The monoisotopic (exact) mass is 289 g/mol. The van der Waals surface area contributed by atoms with Gasteiger partial charge in [-0.15, -0.1) is 0 Å². The molecule has 0 radical (unpaired) electrons. The van der Waals surface area contributed by atoms with Crippen LogP contribution < -0.4 is 16.0 Å². The molecule has 2 rings (SSSR count). The first-order valence-corrected chi connectivity index (χ1v) is 5.80. The van der Waals surface area contributed by atoms with E-state index in [1.807, 2.05) is 0 Å². The fourth-order valence-corrected chi connectivity index (χ4v) is 1.82. The highest BCUT2D eigenvalue weighted by molar-refractivity contribution is 6.38. The molecular formula is C9H9Cl2N5O2. The van der Waals surface area contributed by atoms with Gasteiger partial charge in [-0.2, -0.15) is 0 Å². The van der Waals surface area contributed by atoms with E-state index in [0.29, 0.717) is 0 Å². The predicted octanol–water partition coefficient (Wildman–Crippen LogP) is -0.190. The van der Waals surface area contributed by atoms with Crippen LogP contribution in [0.2, 0.25) is 10.3 Å². The molecule has 3 N–H and O–H groups in total. The summed E-state index contributed by atoms with van der Waals surface area (Å²) in [5, 5.41) is 7.98. The molecule has 1 atom stereocenters. The zero-order valence-electron chi connectivity index (χ0n) is 9.04. The summed E-state index contributed by atoms with van der Waals surface area (Å²) in [4.78, 5) is 30.2. The Morgan fingerprint density at radius 1 is 1.39 bits per heavy atom. The SMILES string of the molecule is O=C1CNC(C(=O)Nc2c(Cl)ncnc2Cl)CN1. The van der Waals surface area contributed by atoms with E-state index in [4.69, 9.17) is 23.2 Å². The third kappa shape index (κ3) is 2.87. The summed E-state index contributed by atoms with van der Waals surface area (Å²) in [6, 6.07) is -0.546. The van der Waals surface area contributed by atoms with Gasteiger partial charge in [0, 0.05) is 6.54 Å². The van der Waals surface area contributed by atoms with E-state index in [1.54, 1.807) is 0 Å². The van der Waals surface area contributed by atoms with E-state index in [1.165, 1.54) is 6.33 Å². The number of nitrogens with one attached hydrogen (secondary N) is 3. The van der Waals surface area contributed by atoms with E-state index in [2.05, 4.69) is 25.9 Å². The van der Waals surface area contributed by atoms with E-state index in [9.17, 15) is 9.59 Å². The molecule has 7 nitrogen and oxygen atoms in total. The third-order valence-corrected chi connectivity index (χ3v) is 2.90. The van der Waals surface area contributed by atoms with Gasteiger partial charge in [0.2, 0.25) is 11.8 Å². The van der Waals surface area contributed by atoms with Crippen molar-refractivity contribution in [3.8, 4) is 0 Å². The van der Waals surface area contributed by atoms with Gasteiger partial charge in [-0.25, -0.2) is 9.97 Å². The first kappa shape index (κ1) is 13.0. The van der Waals surface area contributed by atoms with Crippen LogP contribution in [0, 0.1) is 0 Å². The fraction of sp³-hybridized carbons (Fsp3) is 0.333. The van der Waals surface area contributed by atoms with Crippen molar-refractivity contribution in [3.05, 3.63) is 16.6 Å². The second-order valence-corrected chi connectivity index (χ2v) is 4.27. The smallest absolute Gasteiger partial charge is 0.243 e. The summed E-state index contributed by atoms with van der Waals surface area (Å²) in [5.74, 6) is -0.522. The number of hydrogen-bond acceptors (Lipinski definition) is 5. The van der Waals surface area contributed by atoms with Crippen molar-refractivity contribution in [2.75, 3.05) is 18.4 Å². The highest BCUT2D eigenvalue weighted by Gasteiger charge is 2.25. The third-order valence-electron chi connectivity index (χ3n) is 2.33. The molecule has 0 spiro atoms. The maximum Gasteiger partial charge on any atom is 0.243 e. The van der Waals surface area contributed by atoms with Gasteiger partial charge < -0.3 is 10.6 Å². The van der Waals surface area contributed by atoms with Gasteiger partial charge in [0.05, 0.1) is 6.54 Å². The van der Waals surface area contributed by atoms with Gasteiger partial charge in [-0.05, 0) is 0 Å². The Balaban J connectivity index is 2.05. The summed E-state index contributed by atoms with van der Waals surface area (Å²) in [7, 11) is 0. The van der Waals surface area contributed by atoms with Crippen molar-refractivity contribution < 1.29 is 9.59 Å². The lowest BCUT2D eigenvalue weighted by molar-refractivity contribution is -0.124. The molecule has 1 fully saturated rings. The lowest BCUT2D eigenvalue weighted by Crippen LogP contribution is -2.56. The van der Waals surface area contributed by atoms with Crippen LogP contribution in [0.1, 0.15) is 0 Å². The van der Waals surface area contributed by atoms with Crippen molar-refractivity contribution in [1.29, 1.82) is 0 Å². The standard InChI is InChI=1S/C9H9Cl2N5O2/c10-7-6(8(11)15-3-14-7)16-9(18)4-1-13-5(17)2-12-4/h3-4,12H,1-2H2,(H,13,17)(H,16,18). The number of hydrogen-bond donors (Lipinski definition) is 3. The molecule has 1 aliphatic heterocycles. The lowest BCUT2D eigenvalue weighted by Gasteiger charge is -2.23. The van der Waals surface area contributed by atoms with E-state index in [0.717, 1.165) is 0 Å². The second-order valence-electron chi connectivity index (χ2n) is 3.56. The molecule has 1 aromatic heterocycles. The lowest BCUT2D eigenvalue weighted by atomic mass is 10.2. The summed E-state index contributed by atoms with van der Waals surface area (Å²) in [5.41, 5.74) is 0.157. The molecule has 2 heterocycles. The first-order chi connectivity index (χ1) is 8.58. The minimum absolute atomic E-state index is 0.0585. The van der Waals surface area contributed by atoms with Crippen molar-refractivity contribution in [2.24, 2.45) is 0 Å². The van der Waals surface area contributed by atoms with Gasteiger partial charge >= 0.3 is 0 Å². The normalized spacial score (nSPS) is 19.2. The maximum absolute atomic E-state index is 11.9. The van der Waals surface area contributed by atoms with Crippen molar-refractivity contribution in [3.63, 3.8) is 0 Å². The topological polar surface area (TPSA) is 96.0 Å². The Labute approximate surface area is 112 Å². The molecule has 0 bridgehead atoms. The second kappa shape index (κ2) is 5.47. The van der Waals surface area contributed by atoms with Crippen LogP contribution in [0.25, 0.3) is 0 Å². The zero-order valence-corrected chi connectivity index (χ0v) is 10.5. The molecule has 0 saturated carbocycles. The highest BCUT2D eigenvalue weighted by atomic mass is 35.5. The summed E-state index contributed by atoms with van der Waals surface area (Å²) < 4.78 is 0. The van der Waals surface area contributed by atoms with Gasteiger partial charge in [0.1, 0.15) is 18.1 Å². The largest absolute Gasteiger partial charge is 0.353 e. The zero-order chi connectivity index (χ0) is 13.1. The van der Waals surface area contributed by atoms with Crippen molar-refractivity contribution in [2.45, 2.75) is 6.04 Å². The number of anilines is 1. The molecule has 0 aromatic carbocycles. The molecular weight excluding hydrogens is 281 g/mol. The van der Waals surface area contributed by atoms with E-state index >= 15 is 0 Å². The number of amides is 2. The van der Waals surface area contributed by atoms with Crippen molar-refractivity contribution >= 4 is 40.7 Å². The molecule has 2 amide bonds. The minimum atomic E-state index is -0.546. The fourth-order valence-electron chi connectivity index (χ4n) is 1.41. The Morgan fingerprint density at radius 3 is 2.61 bits per heavy atom. The van der Waals surface area contributed by atoms with Gasteiger partial charge in [0.25, 0.3) is 0 Å². The molecule has 9 heteroatoms. The van der Waals surface area contributed by atoms with Crippen LogP contribution in [-0.2, 0) is 9.59 Å². The molecule has 1 aliphatic rings. The quantitative estimate of drug-likeness (QED) is 0.656. The Bertz CT molecular complexity index is 466. The number of halogens is 2. The molecule has 0 aliphatic carbocycles.